The number of urea groups is 1. The quantitative estimate of drug-likeness (QED) is 0.666. The molecule has 1 N–H and O–H groups in total. The second kappa shape index (κ2) is 9.21. The summed E-state index contributed by atoms with van der Waals surface area (Å²) in [5.74, 6) is 0.00298. The Kier molecular flexibility index (Phi) is 6.42. The number of carbonyl (C=O) groups excluding carboxylic acids is 3. The van der Waals surface area contributed by atoms with E-state index in [-0.39, 0.29) is 24.4 Å². The predicted octanol–water partition coefficient (Wildman–Crippen LogP) is 3.97. The molecule has 0 radical (unpaired) electrons. The van der Waals surface area contributed by atoms with Crippen molar-refractivity contribution in [2.24, 2.45) is 5.41 Å². The highest BCUT2D eigenvalue weighted by molar-refractivity contribution is 6.42. The first-order valence-corrected chi connectivity index (χ1v) is 12.8. The van der Waals surface area contributed by atoms with E-state index in [1.54, 1.807) is 30.0 Å². The third kappa shape index (κ3) is 4.60. The largest absolute Gasteiger partial charge is 0.354 e. The van der Waals surface area contributed by atoms with Gasteiger partial charge in [-0.05, 0) is 62.6 Å². The summed E-state index contributed by atoms with van der Waals surface area (Å²) in [7, 11) is 0. The maximum atomic E-state index is 13.2. The maximum absolute atomic E-state index is 13.2. The molecule has 4 fully saturated rings. The lowest BCUT2D eigenvalue weighted by Crippen LogP contribution is -2.62. The fourth-order valence-electron chi connectivity index (χ4n) is 5.36. The molecule has 0 bridgehead atoms. The molecule has 4 aliphatic rings. The molecule has 10 heteroatoms. The van der Waals surface area contributed by atoms with Crippen LogP contribution in [0.25, 0.3) is 0 Å². The van der Waals surface area contributed by atoms with Crippen LogP contribution in [0.2, 0.25) is 10.0 Å². The number of fused-ring (bicyclic) bond motifs is 1. The van der Waals surface area contributed by atoms with E-state index >= 15 is 0 Å². The number of amides is 4. The van der Waals surface area contributed by atoms with Crippen molar-refractivity contribution >= 4 is 46.7 Å². The first kappa shape index (κ1) is 23.7. The molecule has 3 saturated heterocycles. The second-order valence-electron chi connectivity index (χ2n) is 9.99. The highest BCUT2D eigenvalue weighted by atomic mass is 35.5. The van der Waals surface area contributed by atoms with Crippen molar-refractivity contribution in [3.8, 4) is 0 Å². The van der Waals surface area contributed by atoms with Crippen LogP contribution in [-0.2, 0) is 14.3 Å². The van der Waals surface area contributed by atoms with E-state index in [4.69, 9.17) is 27.9 Å². The molecular formula is C24H30Cl2N4O4. The number of hydrogen-bond acceptors (Lipinski definition) is 4. The fourth-order valence-corrected chi connectivity index (χ4v) is 5.66. The average molecular weight is 509 g/mol. The van der Waals surface area contributed by atoms with E-state index in [0.29, 0.717) is 40.6 Å². The van der Waals surface area contributed by atoms with Crippen LogP contribution in [-0.4, -0.2) is 77.1 Å². The van der Waals surface area contributed by atoms with E-state index in [9.17, 15) is 14.4 Å². The van der Waals surface area contributed by atoms with Crippen molar-refractivity contribution in [3.05, 3.63) is 28.2 Å². The van der Waals surface area contributed by atoms with Crippen LogP contribution in [0, 0.1) is 5.41 Å². The van der Waals surface area contributed by atoms with Gasteiger partial charge in [0.1, 0.15) is 6.04 Å². The number of anilines is 1. The number of ether oxygens (including phenoxy) is 1. The Morgan fingerprint density at radius 1 is 1.15 bits per heavy atom. The Morgan fingerprint density at radius 2 is 1.88 bits per heavy atom. The van der Waals surface area contributed by atoms with Gasteiger partial charge in [-0.3, -0.25) is 9.59 Å². The van der Waals surface area contributed by atoms with Crippen LogP contribution < -0.4 is 5.32 Å². The smallest absolute Gasteiger partial charge is 0.322 e. The molecule has 0 aromatic heterocycles. The highest BCUT2D eigenvalue weighted by Gasteiger charge is 2.48. The van der Waals surface area contributed by atoms with E-state index < -0.39 is 18.3 Å². The first-order chi connectivity index (χ1) is 16.3. The van der Waals surface area contributed by atoms with Crippen molar-refractivity contribution < 1.29 is 19.1 Å². The topological polar surface area (TPSA) is 82.2 Å². The lowest BCUT2D eigenvalue weighted by Gasteiger charge is -2.42. The van der Waals surface area contributed by atoms with Crippen LogP contribution in [0.5, 0.6) is 0 Å². The summed E-state index contributed by atoms with van der Waals surface area (Å²) in [6.07, 6.45) is 5.35. The second-order valence-corrected chi connectivity index (χ2v) is 10.8. The Bertz CT molecular complexity index is 991. The van der Waals surface area contributed by atoms with Gasteiger partial charge in [0.25, 0.3) is 0 Å². The van der Waals surface area contributed by atoms with Gasteiger partial charge >= 0.3 is 6.03 Å². The van der Waals surface area contributed by atoms with E-state index in [0.717, 1.165) is 25.9 Å². The van der Waals surface area contributed by atoms with Gasteiger partial charge in [0.05, 0.1) is 29.2 Å². The molecular weight excluding hydrogens is 479 g/mol. The van der Waals surface area contributed by atoms with Crippen molar-refractivity contribution in [3.63, 3.8) is 0 Å². The molecule has 1 aromatic rings. The van der Waals surface area contributed by atoms with E-state index in [1.165, 1.54) is 17.7 Å². The third-order valence-corrected chi connectivity index (χ3v) is 8.61. The van der Waals surface area contributed by atoms with Crippen LogP contribution in [0.4, 0.5) is 10.5 Å². The standard InChI is InChI=1S/C24H30Cl2N4O4/c1-15-22(32)30-17(3-5-20(31)28-10-8-24(6-7-24)9-11-28)14-34-21(30)13-29(15)23(33)27-16-2-4-18(25)19(26)12-16/h2,4,12,15,17,21H,3,5-11,13-14H2,1H3,(H,27,33). The van der Waals surface area contributed by atoms with Crippen LogP contribution in [0.1, 0.15) is 45.4 Å². The number of piperidine rings is 1. The lowest BCUT2D eigenvalue weighted by atomic mass is 9.93. The number of rotatable bonds is 4. The SMILES string of the molecule is CC1C(=O)N2C(CCC(=O)N3CCC4(CC3)CC4)COC2CN1C(=O)Nc1ccc(Cl)c(Cl)c1. The average Bonchev–Trinajstić information content (AvgIpc) is 3.44. The molecule has 3 aliphatic heterocycles. The van der Waals surface area contributed by atoms with Gasteiger partial charge in [0.15, 0.2) is 6.23 Å². The predicted molar refractivity (Wildman–Crippen MR) is 129 cm³/mol. The van der Waals surface area contributed by atoms with Crippen LogP contribution >= 0.6 is 23.2 Å². The molecule has 1 spiro atoms. The normalized spacial score (nSPS) is 27.7. The Labute approximate surface area is 209 Å². The van der Waals surface area contributed by atoms with Crippen LogP contribution in [0.15, 0.2) is 18.2 Å². The minimum absolute atomic E-state index is 0.149. The molecule has 1 aliphatic carbocycles. The van der Waals surface area contributed by atoms with Gasteiger partial charge in [0.2, 0.25) is 11.8 Å². The first-order valence-electron chi connectivity index (χ1n) is 12.0. The van der Waals surface area contributed by atoms with Gasteiger partial charge in [-0.25, -0.2) is 4.79 Å². The Hall–Kier alpha value is -2.03. The highest BCUT2D eigenvalue weighted by Crippen LogP contribution is 2.53. The lowest BCUT2D eigenvalue weighted by molar-refractivity contribution is -0.150. The number of hydrogen-bond donors (Lipinski definition) is 1. The molecule has 3 unspecified atom stereocenters. The molecule has 4 amide bonds. The Balaban J connectivity index is 1.16. The molecule has 5 rings (SSSR count). The molecule has 3 heterocycles. The van der Waals surface area contributed by atoms with Gasteiger partial charge in [-0.1, -0.05) is 23.2 Å². The van der Waals surface area contributed by atoms with Gasteiger partial charge in [-0.2, -0.15) is 0 Å². The minimum Gasteiger partial charge on any atom is -0.354 e. The summed E-state index contributed by atoms with van der Waals surface area (Å²) in [6, 6.07) is 3.63. The fraction of sp³-hybridized carbons (Fsp3) is 0.625. The van der Waals surface area contributed by atoms with Crippen molar-refractivity contribution in [2.75, 3.05) is 31.6 Å². The number of carbonyl (C=O) groups is 3. The third-order valence-electron chi connectivity index (χ3n) is 7.87. The maximum Gasteiger partial charge on any atom is 0.322 e. The molecule has 184 valence electrons. The summed E-state index contributed by atoms with van der Waals surface area (Å²) in [5, 5.41) is 3.51. The summed E-state index contributed by atoms with van der Waals surface area (Å²) < 4.78 is 5.89. The van der Waals surface area contributed by atoms with Gasteiger partial charge in [0, 0.05) is 25.2 Å². The monoisotopic (exact) mass is 508 g/mol. The summed E-state index contributed by atoms with van der Waals surface area (Å²) in [4.78, 5) is 44.0. The molecule has 34 heavy (non-hydrogen) atoms. The summed E-state index contributed by atoms with van der Waals surface area (Å²) in [6.45, 7) is 4.06. The molecule has 8 nitrogen and oxygen atoms in total. The van der Waals surface area contributed by atoms with Crippen molar-refractivity contribution in [2.45, 2.75) is 63.8 Å². The van der Waals surface area contributed by atoms with Gasteiger partial charge in [-0.15, -0.1) is 0 Å². The zero-order chi connectivity index (χ0) is 24.0. The van der Waals surface area contributed by atoms with Crippen molar-refractivity contribution in [1.29, 1.82) is 0 Å². The van der Waals surface area contributed by atoms with Crippen molar-refractivity contribution in [1.82, 2.24) is 14.7 Å². The Morgan fingerprint density at radius 3 is 2.56 bits per heavy atom. The van der Waals surface area contributed by atoms with Crippen LogP contribution in [0.3, 0.4) is 0 Å². The zero-order valence-corrected chi connectivity index (χ0v) is 20.8. The van der Waals surface area contributed by atoms with E-state index in [2.05, 4.69) is 5.32 Å². The number of likely N-dealkylation sites (tertiary alicyclic amines) is 1. The number of benzene rings is 1. The van der Waals surface area contributed by atoms with E-state index in [1.807, 2.05) is 4.90 Å². The summed E-state index contributed by atoms with van der Waals surface area (Å²) in [5.41, 5.74) is 1.04. The molecule has 3 atom stereocenters. The molecule has 1 aromatic carbocycles. The summed E-state index contributed by atoms with van der Waals surface area (Å²) >= 11 is 12.0. The number of piperazine rings is 1. The number of nitrogens with zero attached hydrogens (tertiary/aromatic N) is 3. The molecule has 1 saturated carbocycles. The zero-order valence-electron chi connectivity index (χ0n) is 19.3. The number of nitrogens with one attached hydrogen (secondary N) is 1. The van der Waals surface area contributed by atoms with Gasteiger partial charge < -0.3 is 24.8 Å². The number of halogens is 2. The minimum atomic E-state index is -0.643.